The summed E-state index contributed by atoms with van der Waals surface area (Å²) < 4.78 is 3.16. The molecule has 31 heavy (non-hydrogen) atoms. The first-order valence-corrected chi connectivity index (χ1v) is 9.72. The van der Waals surface area contributed by atoms with Crippen LogP contribution in [0, 0.1) is 11.3 Å². The summed E-state index contributed by atoms with van der Waals surface area (Å²) in [6.45, 7) is 1.57. The molecule has 3 heterocycles. The first-order valence-electron chi connectivity index (χ1n) is 9.72. The van der Waals surface area contributed by atoms with Gasteiger partial charge in [0.2, 0.25) is 0 Å². The molecule has 2 aromatic heterocycles. The van der Waals surface area contributed by atoms with E-state index in [4.69, 9.17) is 5.73 Å². The second-order valence-electron chi connectivity index (χ2n) is 7.51. The Hall–Kier alpha value is -2.57. The highest BCUT2D eigenvalue weighted by Gasteiger charge is 2.24. The van der Waals surface area contributed by atoms with Gasteiger partial charge in [-0.15, -0.1) is 24.8 Å². The molecule has 0 aliphatic carbocycles. The smallest absolute Gasteiger partial charge is 0.330 e. The number of pyridine rings is 1. The predicted molar refractivity (Wildman–Crippen MR) is 125 cm³/mol. The summed E-state index contributed by atoms with van der Waals surface area (Å²) in [6, 6.07) is 11.4. The van der Waals surface area contributed by atoms with Crippen molar-refractivity contribution < 1.29 is 5.11 Å². The Labute approximate surface area is 192 Å². The summed E-state index contributed by atoms with van der Waals surface area (Å²) in [5, 5.41) is 19.1. The highest BCUT2D eigenvalue weighted by molar-refractivity contribution is 5.87. The van der Waals surface area contributed by atoms with Crippen LogP contribution in [0.3, 0.4) is 0 Å². The topological polar surface area (TPSA) is 113 Å². The number of hydrogen-bond donors (Lipinski definition) is 2. The molecule has 4 rings (SSSR count). The standard InChI is InChI=1S/C21H24N6O2.2ClH/c1-25-20-19(27(21(25)29)11-15-6-3-2-5-14(15)10-22)18(9-17(13-28)24-20)26-8-4-7-16(23)12-26;;/h2-3,5-6,9,16,28H,4,7-8,11-13,23H2,1H3;2*1H/t16-;;/m1../s1. The van der Waals surface area contributed by atoms with E-state index in [2.05, 4.69) is 16.0 Å². The lowest BCUT2D eigenvalue weighted by molar-refractivity contribution is 0.277. The Balaban J connectivity index is 0.00000171. The molecular formula is C21H26Cl2N6O2. The number of halogens is 2. The zero-order valence-electron chi connectivity index (χ0n) is 17.2. The van der Waals surface area contributed by atoms with Crippen LogP contribution in [0.4, 0.5) is 5.69 Å². The number of aliphatic hydroxyl groups excluding tert-OH is 1. The lowest BCUT2D eigenvalue weighted by atomic mass is 10.1. The molecule has 1 atom stereocenters. The first-order chi connectivity index (χ1) is 14.0. The Morgan fingerprint density at radius 3 is 2.74 bits per heavy atom. The van der Waals surface area contributed by atoms with Gasteiger partial charge in [-0.25, -0.2) is 9.78 Å². The fraction of sp³-hybridized carbons (Fsp3) is 0.381. The number of benzene rings is 1. The molecule has 3 aromatic rings. The minimum atomic E-state index is -0.210. The van der Waals surface area contributed by atoms with Crippen LogP contribution in [0.2, 0.25) is 0 Å². The van der Waals surface area contributed by atoms with Gasteiger partial charge in [0.25, 0.3) is 0 Å². The molecule has 0 saturated carbocycles. The number of rotatable bonds is 4. The van der Waals surface area contributed by atoms with Crippen LogP contribution >= 0.6 is 24.8 Å². The number of hydrogen-bond acceptors (Lipinski definition) is 6. The maximum Gasteiger partial charge on any atom is 0.330 e. The van der Waals surface area contributed by atoms with Crippen LogP contribution in [-0.2, 0) is 20.2 Å². The van der Waals surface area contributed by atoms with Gasteiger partial charge in [-0.05, 0) is 30.5 Å². The molecule has 0 radical (unpaired) electrons. The summed E-state index contributed by atoms with van der Waals surface area (Å²) in [5.41, 5.74) is 9.88. The number of piperidine rings is 1. The lowest BCUT2D eigenvalue weighted by Gasteiger charge is -2.33. The monoisotopic (exact) mass is 464 g/mol. The second-order valence-corrected chi connectivity index (χ2v) is 7.51. The highest BCUT2D eigenvalue weighted by atomic mass is 35.5. The third-order valence-electron chi connectivity index (χ3n) is 5.54. The van der Waals surface area contributed by atoms with Crippen molar-refractivity contribution in [2.75, 3.05) is 18.0 Å². The Morgan fingerprint density at radius 1 is 1.32 bits per heavy atom. The van der Waals surface area contributed by atoms with Crippen molar-refractivity contribution in [1.82, 2.24) is 14.1 Å². The molecule has 0 bridgehead atoms. The molecule has 10 heteroatoms. The number of nitrogens with two attached hydrogens (primary N) is 1. The van der Waals surface area contributed by atoms with Crippen LogP contribution in [0.15, 0.2) is 35.1 Å². The molecule has 0 unspecified atom stereocenters. The molecule has 1 fully saturated rings. The van der Waals surface area contributed by atoms with E-state index in [1.165, 1.54) is 4.57 Å². The number of fused-ring (bicyclic) bond motifs is 1. The normalized spacial score (nSPS) is 15.8. The van der Waals surface area contributed by atoms with E-state index in [0.29, 0.717) is 29.0 Å². The van der Waals surface area contributed by atoms with E-state index < -0.39 is 0 Å². The highest BCUT2D eigenvalue weighted by Crippen LogP contribution is 2.29. The van der Waals surface area contributed by atoms with E-state index in [9.17, 15) is 15.2 Å². The summed E-state index contributed by atoms with van der Waals surface area (Å²) in [5.74, 6) is 0. The van der Waals surface area contributed by atoms with Gasteiger partial charge in [0, 0.05) is 26.2 Å². The number of aliphatic hydroxyl groups is 1. The lowest BCUT2D eigenvalue weighted by Crippen LogP contribution is -2.43. The van der Waals surface area contributed by atoms with E-state index in [1.807, 2.05) is 24.3 Å². The first kappa shape index (κ1) is 24.7. The zero-order valence-corrected chi connectivity index (χ0v) is 18.8. The second kappa shape index (κ2) is 10.2. The predicted octanol–water partition coefficient (Wildman–Crippen LogP) is 1.92. The molecule has 1 aliphatic heterocycles. The molecule has 0 spiro atoms. The van der Waals surface area contributed by atoms with Gasteiger partial charge in [-0.1, -0.05) is 18.2 Å². The van der Waals surface area contributed by atoms with Gasteiger partial charge < -0.3 is 15.7 Å². The number of imidazole rings is 1. The zero-order chi connectivity index (χ0) is 20.5. The molecule has 3 N–H and O–H groups in total. The minimum Gasteiger partial charge on any atom is -0.390 e. The maximum atomic E-state index is 13.1. The van der Waals surface area contributed by atoms with Crippen LogP contribution in [0.1, 0.15) is 29.7 Å². The third kappa shape index (κ3) is 4.55. The summed E-state index contributed by atoms with van der Waals surface area (Å²) in [6.07, 6.45) is 1.93. The quantitative estimate of drug-likeness (QED) is 0.609. The summed E-state index contributed by atoms with van der Waals surface area (Å²) >= 11 is 0. The Morgan fingerprint density at radius 2 is 2.06 bits per heavy atom. The fourth-order valence-corrected chi connectivity index (χ4v) is 4.06. The average Bonchev–Trinajstić information content (AvgIpc) is 2.98. The van der Waals surface area contributed by atoms with Crippen molar-refractivity contribution in [2.45, 2.75) is 32.0 Å². The fourth-order valence-electron chi connectivity index (χ4n) is 4.06. The van der Waals surface area contributed by atoms with Gasteiger partial charge in [-0.2, -0.15) is 5.26 Å². The molecule has 1 saturated heterocycles. The van der Waals surface area contributed by atoms with Gasteiger partial charge in [0.1, 0.15) is 5.52 Å². The number of aromatic nitrogens is 3. The summed E-state index contributed by atoms with van der Waals surface area (Å²) in [4.78, 5) is 19.8. The van der Waals surface area contributed by atoms with Crippen LogP contribution < -0.4 is 16.3 Å². The maximum absolute atomic E-state index is 13.1. The largest absolute Gasteiger partial charge is 0.390 e. The van der Waals surface area contributed by atoms with Gasteiger partial charge >= 0.3 is 5.69 Å². The number of nitriles is 1. The van der Waals surface area contributed by atoms with Crippen LogP contribution in [-0.4, -0.2) is 38.4 Å². The SMILES string of the molecule is Cl.Cl.Cn1c(=O)n(Cc2ccccc2C#N)c2c(N3CCC[C@@H](N)C3)cc(CO)nc21. The molecule has 1 aliphatic rings. The van der Waals surface area contributed by atoms with Crippen molar-refractivity contribution in [3.8, 4) is 6.07 Å². The number of nitrogens with zero attached hydrogens (tertiary/aromatic N) is 5. The Kier molecular flexibility index (Phi) is 8.09. The molecule has 166 valence electrons. The van der Waals surface area contributed by atoms with Crippen molar-refractivity contribution in [3.05, 3.63) is 57.6 Å². The average molecular weight is 465 g/mol. The molecule has 0 amide bonds. The molecular weight excluding hydrogens is 439 g/mol. The van der Waals surface area contributed by atoms with Crippen molar-refractivity contribution in [2.24, 2.45) is 12.8 Å². The number of aryl methyl sites for hydroxylation is 1. The van der Waals surface area contributed by atoms with E-state index in [-0.39, 0.29) is 49.7 Å². The third-order valence-corrected chi connectivity index (χ3v) is 5.54. The Bertz CT molecular complexity index is 1170. The van der Waals surface area contributed by atoms with Gasteiger partial charge in [0.15, 0.2) is 5.65 Å². The van der Waals surface area contributed by atoms with Gasteiger partial charge in [0.05, 0.1) is 36.2 Å². The van der Waals surface area contributed by atoms with Crippen LogP contribution in [0.5, 0.6) is 0 Å². The van der Waals surface area contributed by atoms with Crippen LogP contribution in [0.25, 0.3) is 11.2 Å². The molecule has 1 aromatic carbocycles. The summed E-state index contributed by atoms with van der Waals surface area (Å²) in [7, 11) is 1.68. The minimum absolute atomic E-state index is 0. The molecule has 8 nitrogen and oxygen atoms in total. The number of anilines is 1. The van der Waals surface area contributed by atoms with E-state index >= 15 is 0 Å². The van der Waals surface area contributed by atoms with E-state index in [1.54, 1.807) is 17.7 Å². The van der Waals surface area contributed by atoms with Crippen molar-refractivity contribution >= 4 is 41.7 Å². The van der Waals surface area contributed by atoms with Crippen molar-refractivity contribution in [3.63, 3.8) is 0 Å². The van der Waals surface area contributed by atoms with E-state index in [0.717, 1.165) is 30.6 Å². The van der Waals surface area contributed by atoms with Crippen molar-refractivity contribution in [1.29, 1.82) is 5.26 Å². The van der Waals surface area contributed by atoms with Gasteiger partial charge in [-0.3, -0.25) is 9.13 Å².